The van der Waals surface area contributed by atoms with Gasteiger partial charge in [-0.3, -0.25) is 9.59 Å². The zero-order valence-corrected chi connectivity index (χ0v) is 20.1. The molecule has 0 unspecified atom stereocenters. The molecule has 2 aliphatic heterocycles. The molecule has 2 fully saturated rings. The number of carbonyl (C=O) groups excluding carboxylic acids is 4. The third-order valence-corrected chi connectivity index (χ3v) is 7.55. The minimum absolute atomic E-state index is 0.262. The summed E-state index contributed by atoms with van der Waals surface area (Å²) in [6.45, 7) is 1.95. The molecule has 2 aromatic rings. The predicted molar refractivity (Wildman–Crippen MR) is 127 cm³/mol. The van der Waals surface area contributed by atoms with Gasteiger partial charge in [0.05, 0.1) is 5.54 Å². The van der Waals surface area contributed by atoms with Gasteiger partial charge in [0.2, 0.25) is 11.5 Å². The number of rotatable bonds is 4. The summed E-state index contributed by atoms with van der Waals surface area (Å²) in [6, 6.07) is 10.8. The Balaban J connectivity index is 1.36. The Morgan fingerprint density at radius 3 is 2.58 bits per heavy atom. The number of aryl methyl sites for hydroxylation is 1. The zero-order chi connectivity index (χ0) is 25.7. The second-order valence-corrected chi connectivity index (χ2v) is 9.59. The van der Waals surface area contributed by atoms with Crippen molar-refractivity contribution >= 4 is 29.6 Å². The van der Waals surface area contributed by atoms with Gasteiger partial charge in [0.25, 0.3) is 5.91 Å². The summed E-state index contributed by atoms with van der Waals surface area (Å²) in [4.78, 5) is 53.9. The maximum atomic E-state index is 13.5. The number of hydrogen-bond acceptors (Lipinski definition) is 5. The highest BCUT2D eigenvalue weighted by molar-refractivity contribution is 6.06. The number of imide groups is 1. The van der Waals surface area contributed by atoms with Gasteiger partial charge in [-0.05, 0) is 61.6 Å². The standard InChI is InChI=1S/C26H27FN4O5/c1-25(17-4-6-18(27)7-5-17)11-3-13-31(25)21(32)15-30-22(33)26(36-24(30)35)12-10-16-14-19(8-9-20(16)26)29-23(34)28-2/h4-9,14H,3,10-13,15H2,1-2H3,(H2,28,29,34)/t25-,26+/m0/s1. The molecule has 1 spiro atoms. The van der Waals surface area contributed by atoms with Crippen molar-refractivity contribution < 1.29 is 28.3 Å². The number of halogens is 1. The van der Waals surface area contributed by atoms with Crippen molar-refractivity contribution in [1.82, 2.24) is 15.1 Å². The summed E-state index contributed by atoms with van der Waals surface area (Å²) >= 11 is 0. The van der Waals surface area contributed by atoms with E-state index in [2.05, 4.69) is 10.6 Å². The first-order valence-corrected chi connectivity index (χ1v) is 11.9. The molecule has 2 saturated heterocycles. The molecular formula is C26H27FN4O5. The molecule has 2 heterocycles. The Kier molecular flexibility index (Phi) is 5.69. The molecule has 36 heavy (non-hydrogen) atoms. The molecule has 0 radical (unpaired) electrons. The number of benzene rings is 2. The minimum atomic E-state index is -1.47. The van der Waals surface area contributed by atoms with E-state index >= 15 is 0 Å². The fourth-order valence-corrected chi connectivity index (χ4v) is 5.62. The van der Waals surface area contributed by atoms with E-state index in [1.165, 1.54) is 19.2 Å². The largest absolute Gasteiger partial charge is 0.427 e. The van der Waals surface area contributed by atoms with Gasteiger partial charge >= 0.3 is 12.1 Å². The summed E-state index contributed by atoms with van der Waals surface area (Å²) in [5, 5.41) is 5.16. The Hall–Kier alpha value is -3.95. The van der Waals surface area contributed by atoms with E-state index in [1.54, 1.807) is 35.2 Å². The Bertz CT molecular complexity index is 1270. The highest BCUT2D eigenvalue weighted by atomic mass is 19.1. The molecule has 10 heteroatoms. The number of likely N-dealkylation sites (tertiary alicyclic amines) is 1. The Morgan fingerprint density at radius 2 is 1.86 bits per heavy atom. The fourth-order valence-electron chi connectivity index (χ4n) is 5.62. The molecule has 9 nitrogen and oxygen atoms in total. The third kappa shape index (κ3) is 3.68. The van der Waals surface area contributed by atoms with Crippen molar-refractivity contribution in [2.45, 2.75) is 43.7 Å². The SMILES string of the molecule is CNC(=O)Nc1ccc2c(c1)CC[C@@]21OC(=O)N(CC(=O)N2CCC[C@@]2(C)c2ccc(F)cc2)C1=O. The van der Waals surface area contributed by atoms with Crippen LogP contribution in [0.25, 0.3) is 0 Å². The van der Waals surface area contributed by atoms with Crippen LogP contribution in [0.1, 0.15) is 42.9 Å². The van der Waals surface area contributed by atoms with Gasteiger partial charge in [0.1, 0.15) is 12.4 Å². The van der Waals surface area contributed by atoms with Crippen LogP contribution in [-0.2, 0) is 31.9 Å². The molecule has 5 rings (SSSR count). The molecule has 1 aliphatic carbocycles. The number of carbonyl (C=O) groups is 4. The summed E-state index contributed by atoms with van der Waals surface area (Å²) in [5.74, 6) is -1.29. The van der Waals surface area contributed by atoms with Crippen LogP contribution < -0.4 is 10.6 Å². The van der Waals surface area contributed by atoms with Crippen LogP contribution >= 0.6 is 0 Å². The molecule has 2 aromatic carbocycles. The van der Waals surface area contributed by atoms with E-state index in [4.69, 9.17) is 4.74 Å². The first-order valence-electron chi connectivity index (χ1n) is 11.9. The summed E-state index contributed by atoms with van der Waals surface area (Å²) in [5.41, 5.74) is 0.583. The van der Waals surface area contributed by atoms with Crippen LogP contribution in [-0.4, -0.2) is 53.9 Å². The van der Waals surface area contributed by atoms with E-state index in [0.717, 1.165) is 22.4 Å². The fraction of sp³-hybridized carbons (Fsp3) is 0.385. The lowest BCUT2D eigenvalue weighted by Gasteiger charge is -2.36. The summed E-state index contributed by atoms with van der Waals surface area (Å²) in [7, 11) is 1.51. The maximum absolute atomic E-state index is 13.5. The van der Waals surface area contributed by atoms with Gasteiger partial charge < -0.3 is 20.3 Å². The molecule has 5 amide bonds. The first kappa shape index (κ1) is 23.8. The van der Waals surface area contributed by atoms with E-state index in [-0.39, 0.29) is 24.2 Å². The minimum Gasteiger partial charge on any atom is -0.427 e. The number of urea groups is 1. The van der Waals surface area contributed by atoms with Crippen molar-refractivity contribution in [2.75, 3.05) is 25.5 Å². The average molecular weight is 495 g/mol. The zero-order valence-electron chi connectivity index (χ0n) is 20.1. The normalized spacial score (nSPS) is 24.8. The van der Waals surface area contributed by atoms with Crippen LogP contribution in [0.4, 0.5) is 19.7 Å². The molecule has 0 bridgehead atoms. The Labute approximate surface area is 207 Å². The van der Waals surface area contributed by atoms with Crippen LogP contribution in [0, 0.1) is 5.82 Å². The molecule has 3 aliphatic rings. The molecule has 2 N–H and O–H groups in total. The number of hydrogen-bond donors (Lipinski definition) is 2. The Morgan fingerprint density at radius 1 is 1.11 bits per heavy atom. The van der Waals surface area contributed by atoms with Gasteiger partial charge in [0.15, 0.2) is 0 Å². The van der Waals surface area contributed by atoms with Crippen LogP contribution in [0.2, 0.25) is 0 Å². The van der Waals surface area contributed by atoms with Gasteiger partial charge in [-0.2, -0.15) is 0 Å². The third-order valence-electron chi connectivity index (χ3n) is 7.55. The van der Waals surface area contributed by atoms with E-state index in [1.807, 2.05) is 6.92 Å². The van der Waals surface area contributed by atoms with Crippen LogP contribution in [0.3, 0.4) is 0 Å². The second kappa shape index (κ2) is 8.61. The van der Waals surface area contributed by atoms with Gasteiger partial charge in [-0.15, -0.1) is 0 Å². The van der Waals surface area contributed by atoms with E-state index < -0.39 is 29.7 Å². The lowest BCUT2D eigenvalue weighted by Crippen LogP contribution is -2.49. The number of ether oxygens (including phenoxy) is 1. The molecule has 2 atom stereocenters. The van der Waals surface area contributed by atoms with Crippen LogP contribution in [0.5, 0.6) is 0 Å². The topological polar surface area (TPSA) is 108 Å². The number of anilines is 1. The lowest BCUT2D eigenvalue weighted by atomic mass is 9.89. The van der Waals surface area contributed by atoms with Gasteiger partial charge in [-0.25, -0.2) is 18.9 Å². The number of nitrogens with one attached hydrogen (secondary N) is 2. The number of amides is 5. The maximum Gasteiger partial charge on any atom is 0.418 e. The molecule has 0 saturated carbocycles. The highest BCUT2D eigenvalue weighted by Gasteiger charge is 2.58. The number of nitrogens with zero attached hydrogens (tertiary/aromatic N) is 2. The quantitative estimate of drug-likeness (QED) is 0.679. The summed E-state index contributed by atoms with van der Waals surface area (Å²) < 4.78 is 19.1. The van der Waals surface area contributed by atoms with Crippen molar-refractivity contribution in [3.63, 3.8) is 0 Å². The molecule has 188 valence electrons. The highest BCUT2D eigenvalue weighted by Crippen LogP contribution is 2.46. The van der Waals surface area contributed by atoms with E-state index in [0.29, 0.717) is 30.6 Å². The van der Waals surface area contributed by atoms with Crippen molar-refractivity contribution in [3.05, 3.63) is 65.0 Å². The number of fused-ring (bicyclic) bond motifs is 2. The summed E-state index contributed by atoms with van der Waals surface area (Å²) in [6.07, 6.45) is 1.33. The van der Waals surface area contributed by atoms with Crippen molar-refractivity contribution in [3.8, 4) is 0 Å². The second-order valence-electron chi connectivity index (χ2n) is 9.59. The van der Waals surface area contributed by atoms with Crippen molar-refractivity contribution in [2.24, 2.45) is 0 Å². The smallest absolute Gasteiger partial charge is 0.418 e. The van der Waals surface area contributed by atoms with Gasteiger partial charge in [-0.1, -0.05) is 18.2 Å². The average Bonchev–Trinajstić information content (AvgIpc) is 3.50. The van der Waals surface area contributed by atoms with E-state index in [9.17, 15) is 23.6 Å². The first-order chi connectivity index (χ1) is 17.2. The predicted octanol–water partition coefficient (Wildman–Crippen LogP) is 3.24. The van der Waals surface area contributed by atoms with Crippen LogP contribution in [0.15, 0.2) is 42.5 Å². The monoisotopic (exact) mass is 494 g/mol. The molecule has 0 aromatic heterocycles. The van der Waals surface area contributed by atoms with Crippen molar-refractivity contribution in [1.29, 1.82) is 0 Å². The van der Waals surface area contributed by atoms with Gasteiger partial charge in [0, 0.05) is 31.3 Å². The molecular weight excluding hydrogens is 467 g/mol. The lowest BCUT2D eigenvalue weighted by molar-refractivity contribution is -0.143.